The van der Waals surface area contributed by atoms with Crippen LogP contribution in [0.25, 0.3) is 0 Å². The van der Waals surface area contributed by atoms with Crippen LogP contribution in [0.1, 0.15) is 12.0 Å². The number of sulfonamides is 1. The third-order valence-electron chi connectivity index (χ3n) is 3.27. The van der Waals surface area contributed by atoms with Crippen LogP contribution in [0.2, 0.25) is 0 Å². The lowest BCUT2D eigenvalue weighted by molar-refractivity contribution is -0.116. The summed E-state index contributed by atoms with van der Waals surface area (Å²) in [4.78, 5) is 12.0. The molecule has 0 saturated heterocycles. The number of rotatable bonds is 6. The highest BCUT2D eigenvalue weighted by Crippen LogP contribution is 2.16. The molecule has 0 saturated carbocycles. The largest absolute Gasteiger partial charge is 0.497 e. The molecule has 122 valence electrons. The van der Waals surface area contributed by atoms with Crippen molar-refractivity contribution in [3.63, 3.8) is 0 Å². The summed E-state index contributed by atoms with van der Waals surface area (Å²) in [7, 11) is -2.11. The van der Waals surface area contributed by atoms with E-state index in [0.29, 0.717) is 18.5 Å². The fraction of sp³-hybridized carbons (Fsp3) is 0.188. The van der Waals surface area contributed by atoms with Gasteiger partial charge in [-0.1, -0.05) is 12.1 Å². The number of hydrogen-bond acceptors (Lipinski definition) is 4. The highest BCUT2D eigenvalue weighted by Gasteiger charge is 2.08. The van der Waals surface area contributed by atoms with Crippen LogP contribution >= 0.6 is 0 Å². The molecule has 0 aliphatic heterocycles. The lowest BCUT2D eigenvalue weighted by Gasteiger charge is -2.07. The highest BCUT2D eigenvalue weighted by atomic mass is 32.2. The Bertz CT molecular complexity index is 769. The average molecular weight is 334 g/mol. The number of aryl methyl sites for hydroxylation is 1. The standard InChI is InChI=1S/C16H18N2O4S/c1-22-14-7-5-13(6-8-14)18-16(19)11-4-12-2-9-15(10-3-12)23(17,20)21/h2-3,5-10H,4,11H2,1H3,(H,18,19)(H2,17,20,21). The molecule has 0 bridgehead atoms. The van der Waals surface area contributed by atoms with Gasteiger partial charge in [0.05, 0.1) is 12.0 Å². The lowest BCUT2D eigenvalue weighted by Crippen LogP contribution is -2.13. The minimum Gasteiger partial charge on any atom is -0.497 e. The van der Waals surface area contributed by atoms with E-state index in [4.69, 9.17) is 9.88 Å². The van der Waals surface area contributed by atoms with Crippen molar-refractivity contribution >= 4 is 21.6 Å². The Morgan fingerprint density at radius 2 is 1.70 bits per heavy atom. The zero-order chi connectivity index (χ0) is 16.9. The predicted molar refractivity (Wildman–Crippen MR) is 87.8 cm³/mol. The van der Waals surface area contributed by atoms with Crippen LogP contribution in [-0.4, -0.2) is 21.4 Å². The Balaban J connectivity index is 1.88. The van der Waals surface area contributed by atoms with Crippen LogP contribution in [-0.2, 0) is 21.2 Å². The smallest absolute Gasteiger partial charge is 0.238 e. The third kappa shape index (κ3) is 5.08. The van der Waals surface area contributed by atoms with E-state index in [0.717, 1.165) is 11.3 Å². The number of methoxy groups -OCH3 is 1. The number of ether oxygens (including phenoxy) is 1. The van der Waals surface area contributed by atoms with Gasteiger partial charge in [-0.2, -0.15) is 0 Å². The van der Waals surface area contributed by atoms with Crippen molar-refractivity contribution in [2.24, 2.45) is 5.14 Å². The van der Waals surface area contributed by atoms with Gasteiger partial charge in [-0.25, -0.2) is 13.6 Å². The Kier molecular flexibility index (Phi) is 5.36. The number of primary sulfonamides is 1. The van der Waals surface area contributed by atoms with Gasteiger partial charge in [-0.15, -0.1) is 0 Å². The van der Waals surface area contributed by atoms with E-state index < -0.39 is 10.0 Å². The molecule has 0 aliphatic carbocycles. The minimum atomic E-state index is -3.69. The van der Waals surface area contributed by atoms with Gasteiger partial charge in [0.25, 0.3) is 0 Å². The highest BCUT2D eigenvalue weighted by molar-refractivity contribution is 7.89. The molecule has 2 aromatic carbocycles. The van der Waals surface area contributed by atoms with Gasteiger partial charge in [-0.05, 0) is 48.4 Å². The molecule has 3 N–H and O–H groups in total. The van der Waals surface area contributed by atoms with Crippen LogP contribution in [0.15, 0.2) is 53.4 Å². The number of nitrogens with one attached hydrogen (secondary N) is 1. The van der Waals surface area contributed by atoms with Crippen LogP contribution in [0.5, 0.6) is 5.75 Å². The minimum absolute atomic E-state index is 0.0592. The summed E-state index contributed by atoms with van der Waals surface area (Å²) in [5.74, 6) is 0.601. The van der Waals surface area contributed by atoms with Gasteiger partial charge < -0.3 is 10.1 Å². The summed E-state index contributed by atoms with van der Waals surface area (Å²) in [6.07, 6.45) is 0.799. The number of amides is 1. The van der Waals surface area contributed by atoms with Crippen LogP contribution < -0.4 is 15.2 Å². The number of carbonyl (C=O) groups is 1. The van der Waals surface area contributed by atoms with Gasteiger partial charge >= 0.3 is 0 Å². The Hall–Kier alpha value is -2.38. The Morgan fingerprint density at radius 3 is 2.22 bits per heavy atom. The maximum Gasteiger partial charge on any atom is 0.238 e. The summed E-state index contributed by atoms with van der Waals surface area (Å²) >= 11 is 0. The van der Waals surface area contributed by atoms with Crippen molar-refractivity contribution in [1.82, 2.24) is 0 Å². The number of nitrogens with two attached hydrogens (primary N) is 1. The molecule has 1 amide bonds. The van der Waals surface area contributed by atoms with Crippen molar-refractivity contribution in [1.29, 1.82) is 0 Å². The summed E-state index contributed by atoms with van der Waals surface area (Å²) < 4.78 is 27.4. The van der Waals surface area contributed by atoms with E-state index in [1.54, 1.807) is 43.5 Å². The van der Waals surface area contributed by atoms with E-state index in [2.05, 4.69) is 5.32 Å². The maximum atomic E-state index is 11.9. The number of anilines is 1. The molecule has 23 heavy (non-hydrogen) atoms. The number of hydrogen-bond donors (Lipinski definition) is 2. The van der Waals surface area contributed by atoms with Crippen molar-refractivity contribution in [2.45, 2.75) is 17.7 Å². The fourth-order valence-electron chi connectivity index (χ4n) is 2.00. The Morgan fingerprint density at radius 1 is 1.09 bits per heavy atom. The first-order valence-corrected chi connectivity index (χ1v) is 8.49. The molecule has 0 fully saturated rings. The second-order valence-corrected chi connectivity index (χ2v) is 6.53. The fourth-order valence-corrected chi connectivity index (χ4v) is 2.52. The molecule has 7 heteroatoms. The van der Waals surface area contributed by atoms with Crippen molar-refractivity contribution < 1.29 is 17.9 Å². The Labute approximate surface area is 135 Å². The zero-order valence-corrected chi connectivity index (χ0v) is 13.5. The van der Waals surface area contributed by atoms with Gasteiger partial charge in [0.1, 0.15) is 5.75 Å². The van der Waals surface area contributed by atoms with Gasteiger partial charge in [0, 0.05) is 12.1 Å². The summed E-state index contributed by atoms with van der Waals surface area (Å²) in [5, 5.41) is 7.82. The maximum absolute atomic E-state index is 11.9. The van der Waals surface area contributed by atoms with Crippen LogP contribution in [0.4, 0.5) is 5.69 Å². The van der Waals surface area contributed by atoms with E-state index >= 15 is 0 Å². The third-order valence-corrected chi connectivity index (χ3v) is 4.20. The van der Waals surface area contributed by atoms with E-state index in [9.17, 15) is 13.2 Å². The second kappa shape index (κ2) is 7.26. The van der Waals surface area contributed by atoms with E-state index in [1.807, 2.05) is 0 Å². The van der Waals surface area contributed by atoms with Crippen LogP contribution in [0.3, 0.4) is 0 Å². The molecular formula is C16H18N2O4S. The molecule has 0 aromatic heterocycles. The molecule has 2 aromatic rings. The van der Waals surface area contributed by atoms with Gasteiger partial charge in [0.2, 0.25) is 15.9 Å². The normalized spacial score (nSPS) is 11.0. The summed E-state index contributed by atoms with van der Waals surface area (Å²) in [6, 6.07) is 13.2. The van der Waals surface area contributed by atoms with Crippen molar-refractivity contribution in [3.8, 4) is 5.75 Å². The molecular weight excluding hydrogens is 316 g/mol. The van der Waals surface area contributed by atoms with Gasteiger partial charge in [-0.3, -0.25) is 4.79 Å². The molecule has 0 spiro atoms. The first kappa shape index (κ1) is 17.0. The molecule has 6 nitrogen and oxygen atoms in total. The monoisotopic (exact) mass is 334 g/mol. The van der Waals surface area contributed by atoms with Crippen molar-refractivity contribution in [2.75, 3.05) is 12.4 Å². The molecule has 0 atom stereocenters. The molecule has 0 radical (unpaired) electrons. The molecule has 2 rings (SSSR count). The zero-order valence-electron chi connectivity index (χ0n) is 12.7. The average Bonchev–Trinajstić information content (AvgIpc) is 2.53. The molecule has 0 unspecified atom stereocenters. The topological polar surface area (TPSA) is 98.5 Å². The second-order valence-electron chi connectivity index (χ2n) is 4.97. The predicted octanol–water partition coefficient (Wildman–Crippen LogP) is 1.91. The lowest BCUT2D eigenvalue weighted by atomic mass is 10.1. The SMILES string of the molecule is COc1ccc(NC(=O)CCc2ccc(S(N)(=O)=O)cc2)cc1. The molecule has 0 aliphatic rings. The quantitative estimate of drug-likeness (QED) is 0.843. The van der Waals surface area contributed by atoms with E-state index in [1.165, 1.54) is 12.1 Å². The van der Waals surface area contributed by atoms with E-state index in [-0.39, 0.29) is 10.8 Å². The molecule has 0 heterocycles. The first-order chi connectivity index (χ1) is 10.9. The van der Waals surface area contributed by atoms with Gasteiger partial charge in [0.15, 0.2) is 0 Å². The van der Waals surface area contributed by atoms with Crippen LogP contribution in [0, 0.1) is 0 Å². The van der Waals surface area contributed by atoms with Crippen molar-refractivity contribution in [3.05, 3.63) is 54.1 Å². The number of carbonyl (C=O) groups excluding carboxylic acids is 1. The summed E-state index contributed by atoms with van der Waals surface area (Å²) in [5.41, 5.74) is 1.56. The number of benzene rings is 2. The first-order valence-electron chi connectivity index (χ1n) is 6.94. The summed E-state index contributed by atoms with van der Waals surface area (Å²) in [6.45, 7) is 0.